The predicted octanol–water partition coefficient (Wildman–Crippen LogP) is 2.32. The first-order valence-corrected chi connectivity index (χ1v) is 6.62. The number of aromatic carboxylic acids is 1. The highest BCUT2D eigenvalue weighted by atomic mass is 32.2. The van der Waals surface area contributed by atoms with Gasteiger partial charge >= 0.3 is 5.97 Å². The molecule has 0 unspecified atom stereocenters. The normalized spacial score (nSPS) is 10.5. The molecule has 0 aliphatic rings. The Labute approximate surface area is 117 Å². The number of aromatic nitrogens is 2. The topological polar surface area (TPSA) is 83.0 Å². The molecule has 104 valence electrons. The number of halogens is 1. The van der Waals surface area contributed by atoms with E-state index < -0.39 is 11.8 Å². The maximum Gasteiger partial charge on any atom is 0.335 e. The van der Waals surface area contributed by atoms with Crippen molar-refractivity contribution in [2.45, 2.75) is 23.3 Å². The summed E-state index contributed by atoms with van der Waals surface area (Å²) in [5, 5.41) is 9.22. The molecule has 0 radical (unpaired) electrons. The Hall–Kier alpha value is -2.15. The van der Waals surface area contributed by atoms with Crippen LogP contribution in [0.1, 0.15) is 23.1 Å². The second-order valence-electron chi connectivity index (χ2n) is 3.94. The zero-order valence-corrected chi connectivity index (χ0v) is 11.3. The molecule has 0 spiro atoms. The minimum atomic E-state index is -1.14. The van der Waals surface area contributed by atoms with E-state index in [0.29, 0.717) is 17.3 Å². The van der Waals surface area contributed by atoms with Crippen LogP contribution in [0.15, 0.2) is 39.0 Å². The molecule has 20 heavy (non-hydrogen) atoms. The number of hydrogen-bond acceptors (Lipinski definition) is 4. The van der Waals surface area contributed by atoms with Gasteiger partial charge in [0.25, 0.3) is 5.56 Å². The van der Waals surface area contributed by atoms with Gasteiger partial charge in [0, 0.05) is 12.5 Å². The molecular formula is C13H11FN2O3S. The Balaban J connectivity index is 2.39. The molecule has 2 N–H and O–H groups in total. The summed E-state index contributed by atoms with van der Waals surface area (Å²) in [6.07, 6.45) is 0.543. The summed E-state index contributed by atoms with van der Waals surface area (Å²) in [5.41, 5.74) is -0.344. The molecule has 0 aliphatic carbocycles. The number of hydrogen-bond donors (Lipinski definition) is 2. The first kappa shape index (κ1) is 14.3. The van der Waals surface area contributed by atoms with Crippen LogP contribution in [-0.4, -0.2) is 21.0 Å². The molecule has 0 saturated heterocycles. The van der Waals surface area contributed by atoms with Gasteiger partial charge in [-0.05, 0) is 18.2 Å². The van der Waals surface area contributed by atoms with Crippen LogP contribution >= 0.6 is 11.8 Å². The van der Waals surface area contributed by atoms with Crippen molar-refractivity contribution in [2.75, 3.05) is 0 Å². The molecule has 5 nitrogen and oxygen atoms in total. The molecule has 0 saturated carbocycles. The molecule has 0 atom stereocenters. The van der Waals surface area contributed by atoms with Gasteiger partial charge in [0.05, 0.1) is 10.5 Å². The van der Waals surface area contributed by atoms with Crippen molar-refractivity contribution in [1.82, 2.24) is 9.97 Å². The van der Waals surface area contributed by atoms with Crippen LogP contribution in [0, 0.1) is 5.82 Å². The second-order valence-corrected chi connectivity index (χ2v) is 5.00. The number of carboxylic acids is 1. The highest BCUT2D eigenvalue weighted by molar-refractivity contribution is 7.99. The lowest BCUT2D eigenvalue weighted by atomic mass is 10.2. The van der Waals surface area contributed by atoms with Crippen LogP contribution in [0.2, 0.25) is 0 Å². The van der Waals surface area contributed by atoms with E-state index in [2.05, 4.69) is 9.97 Å². The summed E-state index contributed by atoms with van der Waals surface area (Å²) in [5.74, 6) is -1.20. The van der Waals surface area contributed by atoms with Crippen LogP contribution in [0.25, 0.3) is 0 Å². The smallest absolute Gasteiger partial charge is 0.335 e. The van der Waals surface area contributed by atoms with Crippen molar-refractivity contribution in [1.29, 1.82) is 0 Å². The van der Waals surface area contributed by atoms with E-state index in [4.69, 9.17) is 5.11 Å². The Morgan fingerprint density at radius 2 is 2.20 bits per heavy atom. The summed E-state index contributed by atoms with van der Waals surface area (Å²) < 4.78 is 13.7. The van der Waals surface area contributed by atoms with Crippen LogP contribution in [0.4, 0.5) is 4.39 Å². The Kier molecular flexibility index (Phi) is 4.19. The van der Waals surface area contributed by atoms with Crippen molar-refractivity contribution < 1.29 is 14.3 Å². The van der Waals surface area contributed by atoms with Crippen molar-refractivity contribution >= 4 is 17.7 Å². The number of carboxylic acid groups (broad SMARTS) is 1. The van der Waals surface area contributed by atoms with Gasteiger partial charge in [-0.1, -0.05) is 18.7 Å². The summed E-state index contributed by atoms with van der Waals surface area (Å²) in [7, 11) is 0. The number of benzene rings is 1. The molecular weight excluding hydrogens is 283 g/mol. The fraction of sp³-hybridized carbons (Fsp3) is 0.154. The fourth-order valence-corrected chi connectivity index (χ4v) is 2.43. The molecule has 1 aromatic heterocycles. The fourth-order valence-electron chi connectivity index (χ4n) is 1.53. The summed E-state index contributed by atoms with van der Waals surface area (Å²) in [6, 6.07) is 4.73. The van der Waals surface area contributed by atoms with E-state index in [9.17, 15) is 14.0 Å². The van der Waals surface area contributed by atoms with Crippen LogP contribution in [0.5, 0.6) is 0 Å². The zero-order chi connectivity index (χ0) is 14.7. The maximum absolute atomic E-state index is 13.7. The third kappa shape index (κ3) is 3.24. The largest absolute Gasteiger partial charge is 0.478 e. The number of carbonyl (C=O) groups is 1. The third-order valence-electron chi connectivity index (χ3n) is 2.49. The molecule has 2 rings (SSSR count). The lowest BCUT2D eigenvalue weighted by Gasteiger charge is -2.05. The van der Waals surface area contributed by atoms with E-state index in [1.165, 1.54) is 18.2 Å². The molecule has 0 fully saturated rings. The van der Waals surface area contributed by atoms with Crippen LogP contribution in [0.3, 0.4) is 0 Å². The minimum absolute atomic E-state index is 0.0190. The first-order chi connectivity index (χ1) is 9.49. The molecule has 0 aliphatic heterocycles. The first-order valence-electron chi connectivity index (χ1n) is 5.80. The van der Waals surface area contributed by atoms with E-state index in [-0.39, 0.29) is 16.0 Å². The zero-order valence-electron chi connectivity index (χ0n) is 10.5. The van der Waals surface area contributed by atoms with E-state index >= 15 is 0 Å². The molecule has 2 aromatic rings. The van der Waals surface area contributed by atoms with E-state index in [1.54, 1.807) is 0 Å². The molecule has 1 heterocycles. The average Bonchev–Trinajstić information content (AvgIpc) is 2.40. The van der Waals surface area contributed by atoms with Gasteiger partial charge in [-0.2, -0.15) is 0 Å². The number of aromatic amines is 1. The Morgan fingerprint density at radius 1 is 1.45 bits per heavy atom. The van der Waals surface area contributed by atoms with Gasteiger partial charge in [-0.3, -0.25) is 4.79 Å². The minimum Gasteiger partial charge on any atom is -0.478 e. The molecule has 1 aromatic carbocycles. The van der Waals surface area contributed by atoms with Gasteiger partial charge in [0.15, 0.2) is 0 Å². The molecule has 0 amide bonds. The highest BCUT2D eigenvalue weighted by Crippen LogP contribution is 2.28. The quantitative estimate of drug-likeness (QED) is 0.846. The number of rotatable bonds is 4. The maximum atomic E-state index is 13.7. The van der Waals surface area contributed by atoms with Gasteiger partial charge in [-0.25, -0.2) is 14.2 Å². The Morgan fingerprint density at radius 3 is 2.85 bits per heavy atom. The van der Waals surface area contributed by atoms with Gasteiger partial charge in [0.1, 0.15) is 16.7 Å². The second kappa shape index (κ2) is 5.87. The standard InChI is InChI=1S/C13H11FN2O3S/c1-2-10-15-11(17)6-12(16-10)20-9-5-7(13(18)19)3-4-8(9)14/h3-6H,2H2,1H3,(H,18,19)(H,15,16,17). The van der Waals surface area contributed by atoms with Gasteiger partial charge < -0.3 is 10.1 Å². The summed E-state index contributed by atoms with van der Waals surface area (Å²) >= 11 is 0.920. The average molecular weight is 294 g/mol. The van der Waals surface area contributed by atoms with Gasteiger partial charge in [-0.15, -0.1) is 0 Å². The van der Waals surface area contributed by atoms with E-state index in [0.717, 1.165) is 17.8 Å². The Bertz CT molecular complexity index is 715. The van der Waals surface area contributed by atoms with Crippen LogP contribution in [-0.2, 0) is 6.42 Å². The van der Waals surface area contributed by atoms with Crippen molar-refractivity contribution in [2.24, 2.45) is 0 Å². The molecule has 0 bridgehead atoms. The SMILES string of the molecule is CCc1nc(Sc2cc(C(=O)O)ccc2F)cc(=O)[nH]1. The van der Waals surface area contributed by atoms with Crippen molar-refractivity contribution in [3.63, 3.8) is 0 Å². The monoisotopic (exact) mass is 294 g/mol. The number of nitrogens with zero attached hydrogens (tertiary/aromatic N) is 1. The third-order valence-corrected chi connectivity index (χ3v) is 3.45. The lowest BCUT2D eigenvalue weighted by molar-refractivity contribution is 0.0696. The summed E-state index contributed by atoms with van der Waals surface area (Å²) in [6.45, 7) is 1.83. The van der Waals surface area contributed by atoms with Gasteiger partial charge in [0.2, 0.25) is 0 Å². The number of aryl methyl sites for hydroxylation is 1. The predicted molar refractivity (Wildman–Crippen MR) is 71.7 cm³/mol. The molecule has 7 heteroatoms. The number of H-pyrrole nitrogens is 1. The van der Waals surface area contributed by atoms with E-state index in [1.807, 2.05) is 6.92 Å². The highest BCUT2D eigenvalue weighted by Gasteiger charge is 2.11. The summed E-state index contributed by atoms with van der Waals surface area (Å²) in [4.78, 5) is 29.1. The van der Waals surface area contributed by atoms with Crippen LogP contribution < -0.4 is 5.56 Å². The van der Waals surface area contributed by atoms with Crippen molar-refractivity contribution in [3.8, 4) is 0 Å². The lowest BCUT2D eigenvalue weighted by Crippen LogP contribution is -2.10. The number of nitrogens with one attached hydrogen (secondary N) is 1. The van der Waals surface area contributed by atoms with Crippen molar-refractivity contribution in [3.05, 3.63) is 51.8 Å².